The van der Waals surface area contributed by atoms with Crippen LogP contribution in [0.4, 0.5) is 4.39 Å². The Morgan fingerprint density at radius 3 is 2.52 bits per heavy atom. The van der Waals surface area contributed by atoms with Gasteiger partial charge in [-0.15, -0.1) is 0 Å². The van der Waals surface area contributed by atoms with Crippen molar-refractivity contribution in [1.29, 1.82) is 0 Å². The molecule has 0 aliphatic carbocycles. The van der Waals surface area contributed by atoms with Crippen LogP contribution in [0.5, 0.6) is 0 Å². The molecule has 0 heterocycles. The minimum Gasteiger partial charge on any atom is -0.354 e. The van der Waals surface area contributed by atoms with Crippen molar-refractivity contribution in [2.75, 3.05) is 20.6 Å². The molecule has 3 nitrogen and oxygen atoms in total. The van der Waals surface area contributed by atoms with Crippen LogP contribution in [0.2, 0.25) is 5.02 Å². The summed E-state index contributed by atoms with van der Waals surface area (Å²) in [5, 5.41) is 5.45. The van der Waals surface area contributed by atoms with Crippen LogP contribution in [-0.2, 0) is 11.2 Å². The molecule has 0 radical (unpaired) electrons. The predicted octanol–water partition coefficient (Wildman–Crippen LogP) is 4.59. The van der Waals surface area contributed by atoms with Crippen molar-refractivity contribution in [3.63, 3.8) is 0 Å². The number of benzene rings is 3. The van der Waals surface area contributed by atoms with E-state index in [1.165, 1.54) is 6.07 Å². The van der Waals surface area contributed by atoms with Crippen LogP contribution < -0.4 is 5.32 Å². The Kier molecular flexibility index (Phi) is 6.09. The smallest absolute Gasteiger partial charge is 0.224 e. The fourth-order valence-corrected chi connectivity index (χ4v) is 3.55. The lowest BCUT2D eigenvalue weighted by Gasteiger charge is -2.26. The third-order valence-electron chi connectivity index (χ3n) is 4.68. The van der Waals surface area contributed by atoms with E-state index in [-0.39, 0.29) is 30.7 Å². The Balaban J connectivity index is 1.73. The summed E-state index contributed by atoms with van der Waals surface area (Å²) in [5.74, 6) is -0.477. The van der Waals surface area contributed by atoms with Crippen molar-refractivity contribution < 1.29 is 9.18 Å². The summed E-state index contributed by atoms with van der Waals surface area (Å²) in [7, 11) is 3.68. The van der Waals surface area contributed by atoms with E-state index >= 15 is 0 Å². The van der Waals surface area contributed by atoms with Gasteiger partial charge in [0.1, 0.15) is 5.82 Å². The monoisotopic (exact) mass is 384 g/mol. The second-order valence-corrected chi connectivity index (χ2v) is 7.14. The minimum atomic E-state index is -0.371. The molecule has 3 aromatic rings. The molecular weight excluding hydrogens is 363 g/mol. The first-order valence-electron chi connectivity index (χ1n) is 8.81. The van der Waals surface area contributed by atoms with E-state index < -0.39 is 0 Å². The van der Waals surface area contributed by atoms with Gasteiger partial charge in [0.05, 0.1) is 12.5 Å². The van der Waals surface area contributed by atoms with Gasteiger partial charge in [-0.2, -0.15) is 0 Å². The van der Waals surface area contributed by atoms with Crippen LogP contribution in [0.1, 0.15) is 17.2 Å². The maximum Gasteiger partial charge on any atom is 0.224 e. The number of hydrogen-bond donors (Lipinski definition) is 1. The average Bonchev–Trinajstić information content (AvgIpc) is 2.64. The number of likely N-dealkylation sites (N-methyl/N-ethyl adjacent to an activating group) is 1. The highest BCUT2D eigenvalue weighted by Crippen LogP contribution is 2.28. The summed E-state index contributed by atoms with van der Waals surface area (Å²) < 4.78 is 14.3. The van der Waals surface area contributed by atoms with Gasteiger partial charge in [-0.05, 0) is 42.6 Å². The first kappa shape index (κ1) is 19.3. The highest BCUT2D eigenvalue weighted by Gasteiger charge is 2.22. The minimum absolute atomic E-state index is 0.106. The van der Waals surface area contributed by atoms with Gasteiger partial charge in [0.15, 0.2) is 0 Å². The molecular formula is C22H22ClFN2O. The maximum absolute atomic E-state index is 14.3. The second-order valence-electron chi connectivity index (χ2n) is 6.73. The number of amides is 1. The lowest BCUT2D eigenvalue weighted by molar-refractivity contribution is -0.120. The Bertz CT molecular complexity index is 932. The van der Waals surface area contributed by atoms with Gasteiger partial charge >= 0.3 is 0 Å². The van der Waals surface area contributed by atoms with Crippen molar-refractivity contribution in [2.24, 2.45) is 0 Å². The third kappa shape index (κ3) is 4.46. The fraction of sp³-hybridized carbons (Fsp3) is 0.227. The first-order chi connectivity index (χ1) is 13.0. The molecule has 27 heavy (non-hydrogen) atoms. The molecule has 1 atom stereocenters. The molecule has 1 amide bonds. The SMILES string of the molecule is CN(C)C(CNC(=O)Cc1cccc2ccccc12)c1c(F)cccc1Cl. The molecule has 3 aromatic carbocycles. The largest absolute Gasteiger partial charge is 0.354 e. The summed E-state index contributed by atoms with van der Waals surface area (Å²) in [6, 6.07) is 18.2. The quantitative estimate of drug-likeness (QED) is 0.674. The maximum atomic E-state index is 14.3. The molecule has 140 valence electrons. The van der Waals surface area contributed by atoms with E-state index in [2.05, 4.69) is 5.32 Å². The summed E-state index contributed by atoms with van der Waals surface area (Å²) in [5.41, 5.74) is 1.37. The Labute approximate surface area is 163 Å². The Hall–Kier alpha value is -2.43. The molecule has 1 N–H and O–H groups in total. The van der Waals surface area contributed by atoms with Gasteiger partial charge in [-0.3, -0.25) is 4.79 Å². The Morgan fingerprint density at radius 1 is 1.07 bits per heavy atom. The van der Waals surface area contributed by atoms with Crippen molar-refractivity contribution in [3.05, 3.63) is 82.6 Å². The lowest BCUT2D eigenvalue weighted by Crippen LogP contribution is -2.35. The number of hydrogen-bond acceptors (Lipinski definition) is 2. The zero-order valence-electron chi connectivity index (χ0n) is 15.4. The molecule has 0 aromatic heterocycles. The number of halogens is 2. The van der Waals surface area contributed by atoms with Crippen LogP contribution in [0, 0.1) is 5.82 Å². The first-order valence-corrected chi connectivity index (χ1v) is 9.19. The molecule has 0 bridgehead atoms. The van der Waals surface area contributed by atoms with Crippen LogP contribution >= 0.6 is 11.6 Å². The number of rotatable bonds is 6. The lowest BCUT2D eigenvalue weighted by atomic mass is 10.0. The van der Waals surface area contributed by atoms with Gasteiger partial charge in [0.25, 0.3) is 0 Å². The fourth-order valence-electron chi connectivity index (χ4n) is 3.26. The predicted molar refractivity (Wildman–Crippen MR) is 108 cm³/mol. The average molecular weight is 385 g/mol. The molecule has 0 fully saturated rings. The number of nitrogens with one attached hydrogen (secondary N) is 1. The Morgan fingerprint density at radius 2 is 1.78 bits per heavy atom. The molecule has 0 saturated heterocycles. The van der Waals surface area contributed by atoms with E-state index in [1.54, 1.807) is 12.1 Å². The second kappa shape index (κ2) is 8.51. The van der Waals surface area contributed by atoms with Gasteiger partial charge in [-0.25, -0.2) is 4.39 Å². The normalized spacial score (nSPS) is 12.3. The van der Waals surface area contributed by atoms with E-state index in [1.807, 2.05) is 61.5 Å². The summed E-state index contributed by atoms with van der Waals surface area (Å²) in [6.45, 7) is 0.275. The third-order valence-corrected chi connectivity index (χ3v) is 5.01. The number of nitrogens with zero attached hydrogens (tertiary/aromatic N) is 1. The van der Waals surface area contributed by atoms with E-state index in [0.29, 0.717) is 10.6 Å². The summed E-state index contributed by atoms with van der Waals surface area (Å²) >= 11 is 6.20. The molecule has 1 unspecified atom stereocenters. The molecule has 3 rings (SSSR count). The van der Waals surface area contributed by atoms with E-state index in [4.69, 9.17) is 11.6 Å². The molecule has 5 heteroatoms. The topological polar surface area (TPSA) is 32.3 Å². The van der Waals surface area contributed by atoms with Crippen LogP contribution in [0.25, 0.3) is 10.8 Å². The van der Waals surface area contributed by atoms with Crippen LogP contribution in [0.3, 0.4) is 0 Å². The van der Waals surface area contributed by atoms with Crippen LogP contribution in [0.15, 0.2) is 60.7 Å². The molecule has 0 saturated carbocycles. The highest BCUT2D eigenvalue weighted by atomic mass is 35.5. The van der Waals surface area contributed by atoms with Crippen molar-refractivity contribution in [3.8, 4) is 0 Å². The summed E-state index contributed by atoms with van der Waals surface area (Å²) in [4.78, 5) is 14.4. The van der Waals surface area contributed by atoms with Crippen molar-refractivity contribution in [1.82, 2.24) is 10.2 Å². The zero-order chi connectivity index (χ0) is 19.4. The van der Waals surface area contributed by atoms with Crippen molar-refractivity contribution >= 4 is 28.3 Å². The zero-order valence-corrected chi connectivity index (χ0v) is 16.1. The molecule has 0 aliphatic heterocycles. The van der Waals surface area contributed by atoms with Crippen molar-refractivity contribution in [2.45, 2.75) is 12.5 Å². The van der Waals surface area contributed by atoms with Crippen LogP contribution in [-0.4, -0.2) is 31.4 Å². The number of carbonyl (C=O) groups excluding carboxylic acids is 1. The highest BCUT2D eigenvalue weighted by molar-refractivity contribution is 6.31. The van der Waals surface area contributed by atoms with E-state index in [9.17, 15) is 9.18 Å². The van der Waals surface area contributed by atoms with Gasteiger partial charge in [0.2, 0.25) is 5.91 Å². The van der Waals surface area contributed by atoms with Gasteiger partial charge in [0, 0.05) is 17.1 Å². The molecule has 0 aliphatic rings. The van der Waals surface area contributed by atoms with Gasteiger partial charge in [-0.1, -0.05) is 60.1 Å². The number of carbonyl (C=O) groups is 1. The van der Waals surface area contributed by atoms with Gasteiger partial charge < -0.3 is 10.2 Å². The van der Waals surface area contributed by atoms with E-state index in [0.717, 1.165) is 16.3 Å². The standard InChI is InChI=1S/C22H22ClFN2O/c1-26(2)20(22-18(23)11-6-12-19(22)24)14-25-21(27)13-16-9-5-8-15-7-3-4-10-17(15)16/h3-12,20H,13-14H2,1-2H3,(H,25,27). The number of fused-ring (bicyclic) bond motifs is 1. The molecule has 0 spiro atoms. The summed E-state index contributed by atoms with van der Waals surface area (Å²) in [6.07, 6.45) is 0.270.